The van der Waals surface area contributed by atoms with Crippen LogP contribution in [0.4, 0.5) is 4.79 Å². The third-order valence-corrected chi connectivity index (χ3v) is 4.51. The number of carbonyl (C=O) groups excluding carboxylic acids is 1. The van der Waals surface area contributed by atoms with Crippen molar-refractivity contribution in [1.29, 1.82) is 0 Å². The molecule has 0 spiro atoms. The molecule has 20 heavy (non-hydrogen) atoms. The van der Waals surface area contributed by atoms with Gasteiger partial charge in [0, 0.05) is 38.3 Å². The van der Waals surface area contributed by atoms with Gasteiger partial charge >= 0.3 is 6.03 Å². The summed E-state index contributed by atoms with van der Waals surface area (Å²) in [4.78, 5) is 16.8. The molecule has 5 heteroatoms. The monoisotopic (exact) mass is 281 g/mol. The number of hydrogen-bond donors (Lipinski definition) is 1. The van der Waals surface area contributed by atoms with E-state index in [1.54, 1.807) is 0 Å². The lowest BCUT2D eigenvalue weighted by Gasteiger charge is -2.38. The Morgan fingerprint density at radius 2 is 1.90 bits per heavy atom. The average Bonchev–Trinajstić information content (AvgIpc) is 3.05. The molecule has 0 bridgehead atoms. The van der Waals surface area contributed by atoms with Crippen molar-refractivity contribution in [3.05, 3.63) is 0 Å². The molecule has 3 aliphatic rings. The molecule has 0 unspecified atom stereocenters. The Kier molecular flexibility index (Phi) is 4.17. The van der Waals surface area contributed by atoms with Gasteiger partial charge in [-0.3, -0.25) is 4.90 Å². The molecular weight excluding hydrogens is 254 g/mol. The first-order chi connectivity index (χ1) is 9.61. The minimum Gasteiger partial charge on any atom is -0.373 e. The number of nitrogens with zero attached hydrogens (tertiary/aromatic N) is 2. The maximum atomic E-state index is 12.2. The van der Waals surface area contributed by atoms with Crippen LogP contribution in [0.25, 0.3) is 0 Å². The van der Waals surface area contributed by atoms with Crippen LogP contribution in [-0.2, 0) is 4.74 Å². The number of ether oxygens (including phenoxy) is 1. The van der Waals surface area contributed by atoms with Crippen molar-refractivity contribution in [3.63, 3.8) is 0 Å². The summed E-state index contributed by atoms with van der Waals surface area (Å²) >= 11 is 0. The van der Waals surface area contributed by atoms with Gasteiger partial charge in [0.2, 0.25) is 0 Å². The molecule has 5 nitrogen and oxygen atoms in total. The van der Waals surface area contributed by atoms with E-state index in [0.717, 1.165) is 51.9 Å². The fourth-order valence-corrected chi connectivity index (χ4v) is 3.51. The van der Waals surface area contributed by atoms with Crippen LogP contribution in [0.3, 0.4) is 0 Å². The maximum Gasteiger partial charge on any atom is 0.317 e. The van der Waals surface area contributed by atoms with E-state index in [9.17, 15) is 4.79 Å². The van der Waals surface area contributed by atoms with E-state index in [-0.39, 0.29) is 6.03 Å². The third-order valence-electron chi connectivity index (χ3n) is 4.51. The molecule has 1 aliphatic carbocycles. The van der Waals surface area contributed by atoms with Gasteiger partial charge in [-0.25, -0.2) is 4.79 Å². The SMILES string of the molecule is C[C@@H]1CN(C[C@@H]2CCCN2C(=O)NC2CC2)C[C@@H](C)O1. The zero-order valence-electron chi connectivity index (χ0n) is 12.7. The number of hydrogen-bond acceptors (Lipinski definition) is 3. The van der Waals surface area contributed by atoms with Gasteiger partial charge in [0.15, 0.2) is 0 Å². The Morgan fingerprint density at radius 1 is 1.20 bits per heavy atom. The normalized spacial score (nSPS) is 35.3. The summed E-state index contributed by atoms with van der Waals surface area (Å²) in [6, 6.07) is 0.989. The standard InChI is InChI=1S/C15H27N3O2/c1-11-8-17(9-12(2)20-11)10-14-4-3-7-18(14)15(19)16-13-5-6-13/h11-14H,3-10H2,1-2H3,(H,16,19)/t11-,12-,14+/m1/s1. The first-order valence-electron chi connectivity index (χ1n) is 8.07. The third kappa shape index (κ3) is 3.44. The molecule has 3 rings (SSSR count). The smallest absolute Gasteiger partial charge is 0.317 e. The quantitative estimate of drug-likeness (QED) is 0.851. The molecule has 1 N–H and O–H groups in total. The highest BCUT2D eigenvalue weighted by atomic mass is 16.5. The van der Waals surface area contributed by atoms with E-state index in [2.05, 4.69) is 29.0 Å². The van der Waals surface area contributed by atoms with Gasteiger partial charge in [-0.2, -0.15) is 0 Å². The van der Waals surface area contributed by atoms with E-state index >= 15 is 0 Å². The van der Waals surface area contributed by atoms with E-state index < -0.39 is 0 Å². The number of urea groups is 1. The molecule has 3 atom stereocenters. The first kappa shape index (κ1) is 14.1. The van der Waals surface area contributed by atoms with E-state index in [1.807, 2.05) is 0 Å². The molecule has 2 heterocycles. The van der Waals surface area contributed by atoms with Crippen molar-refractivity contribution in [2.45, 2.75) is 63.8 Å². The molecule has 2 aliphatic heterocycles. The highest BCUT2D eigenvalue weighted by Crippen LogP contribution is 2.23. The molecule has 0 radical (unpaired) electrons. The van der Waals surface area contributed by atoms with E-state index in [1.165, 1.54) is 0 Å². The number of amides is 2. The summed E-state index contributed by atoms with van der Waals surface area (Å²) in [6.07, 6.45) is 5.19. The summed E-state index contributed by atoms with van der Waals surface area (Å²) in [6.45, 7) is 8.15. The van der Waals surface area contributed by atoms with Crippen LogP contribution in [0.2, 0.25) is 0 Å². The van der Waals surface area contributed by atoms with Crippen LogP contribution in [0.5, 0.6) is 0 Å². The van der Waals surface area contributed by atoms with Crippen LogP contribution < -0.4 is 5.32 Å². The summed E-state index contributed by atoms with van der Waals surface area (Å²) in [5.74, 6) is 0. The van der Waals surface area contributed by atoms with Crippen molar-refractivity contribution >= 4 is 6.03 Å². The first-order valence-corrected chi connectivity index (χ1v) is 8.07. The second kappa shape index (κ2) is 5.90. The second-order valence-corrected chi connectivity index (χ2v) is 6.69. The molecule has 2 amide bonds. The number of morpholine rings is 1. The predicted octanol–water partition coefficient (Wildman–Crippen LogP) is 1.43. The highest BCUT2D eigenvalue weighted by molar-refractivity contribution is 5.75. The number of nitrogens with one attached hydrogen (secondary N) is 1. The Labute approximate surface area is 121 Å². The number of rotatable bonds is 3. The minimum atomic E-state index is 0.157. The number of likely N-dealkylation sites (tertiary alicyclic amines) is 1. The molecule has 1 saturated carbocycles. The van der Waals surface area contributed by atoms with Gasteiger partial charge in [-0.05, 0) is 39.5 Å². The topological polar surface area (TPSA) is 44.8 Å². The molecule has 0 aromatic rings. The van der Waals surface area contributed by atoms with Gasteiger partial charge in [0.25, 0.3) is 0 Å². The van der Waals surface area contributed by atoms with Crippen LogP contribution in [0, 0.1) is 0 Å². The van der Waals surface area contributed by atoms with Crippen molar-refractivity contribution in [1.82, 2.24) is 15.1 Å². The predicted molar refractivity (Wildman–Crippen MR) is 77.7 cm³/mol. The van der Waals surface area contributed by atoms with Crippen LogP contribution in [0.1, 0.15) is 39.5 Å². The summed E-state index contributed by atoms with van der Waals surface area (Å²) in [5.41, 5.74) is 0. The lowest BCUT2D eigenvalue weighted by Crippen LogP contribution is -2.52. The average molecular weight is 281 g/mol. The van der Waals surface area contributed by atoms with E-state index in [0.29, 0.717) is 24.3 Å². The zero-order chi connectivity index (χ0) is 14.1. The van der Waals surface area contributed by atoms with E-state index in [4.69, 9.17) is 4.74 Å². The lowest BCUT2D eigenvalue weighted by molar-refractivity contribution is -0.0713. The van der Waals surface area contributed by atoms with Crippen molar-refractivity contribution in [2.75, 3.05) is 26.2 Å². The summed E-state index contributed by atoms with van der Waals surface area (Å²) < 4.78 is 5.78. The maximum absolute atomic E-state index is 12.2. The van der Waals surface area contributed by atoms with Crippen molar-refractivity contribution in [2.24, 2.45) is 0 Å². The van der Waals surface area contributed by atoms with Gasteiger partial charge < -0.3 is 15.0 Å². The van der Waals surface area contributed by atoms with Crippen LogP contribution >= 0.6 is 0 Å². The zero-order valence-corrected chi connectivity index (χ0v) is 12.7. The van der Waals surface area contributed by atoms with Crippen LogP contribution in [-0.4, -0.2) is 66.3 Å². The van der Waals surface area contributed by atoms with Crippen LogP contribution in [0.15, 0.2) is 0 Å². The highest BCUT2D eigenvalue weighted by Gasteiger charge is 2.34. The Balaban J connectivity index is 1.53. The summed E-state index contributed by atoms with van der Waals surface area (Å²) in [7, 11) is 0. The van der Waals surface area contributed by atoms with Gasteiger partial charge in [-0.15, -0.1) is 0 Å². The fourth-order valence-electron chi connectivity index (χ4n) is 3.51. The number of carbonyl (C=O) groups is 1. The van der Waals surface area contributed by atoms with Gasteiger partial charge in [-0.1, -0.05) is 0 Å². The van der Waals surface area contributed by atoms with Gasteiger partial charge in [0.1, 0.15) is 0 Å². The molecule has 114 valence electrons. The molecule has 0 aromatic heterocycles. The Morgan fingerprint density at radius 3 is 2.55 bits per heavy atom. The molecular formula is C15H27N3O2. The molecule has 0 aromatic carbocycles. The second-order valence-electron chi connectivity index (χ2n) is 6.69. The molecule has 2 saturated heterocycles. The van der Waals surface area contributed by atoms with Crippen molar-refractivity contribution < 1.29 is 9.53 Å². The van der Waals surface area contributed by atoms with Crippen molar-refractivity contribution in [3.8, 4) is 0 Å². The minimum absolute atomic E-state index is 0.157. The molecule has 3 fully saturated rings. The Bertz CT molecular complexity index is 349. The Hall–Kier alpha value is -0.810. The van der Waals surface area contributed by atoms with Gasteiger partial charge in [0.05, 0.1) is 12.2 Å². The fraction of sp³-hybridized carbons (Fsp3) is 0.933. The largest absolute Gasteiger partial charge is 0.373 e. The lowest BCUT2D eigenvalue weighted by atomic mass is 10.1. The summed E-state index contributed by atoms with van der Waals surface area (Å²) in [5, 5.41) is 3.12.